The molecule has 1 N–H and O–H groups in total. The van der Waals surface area contributed by atoms with E-state index in [2.05, 4.69) is 73.5 Å². The highest BCUT2D eigenvalue weighted by Gasteiger charge is 2.05. The third kappa shape index (κ3) is 2.71. The lowest BCUT2D eigenvalue weighted by molar-refractivity contribution is 0.669. The van der Waals surface area contributed by atoms with Crippen LogP contribution in [0.5, 0.6) is 0 Å². The first-order valence-electron chi connectivity index (χ1n) is 3.89. The molecule has 0 aromatic heterocycles. The van der Waals surface area contributed by atoms with E-state index in [1.165, 1.54) is 5.56 Å². The van der Waals surface area contributed by atoms with Crippen LogP contribution in [0.4, 0.5) is 0 Å². The van der Waals surface area contributed by atoms with Gasteiger partial charge >= 0.3 is 0 Å². The van der Waals surface area contributed by atoms with Gasteiger partial charge in [0, 0.05) is 33.4 Å². The fourth-order valence-electron chi connectivity index (χ4n) is 1.07. The SMILES string of the molecule is CC[C@H](NI)c1ccc(Br)cc1. The van der Waals surface area contributed by atoms with Crippen molar-refractivity contribution >= 4 is 38.8 Å². The van der Waals surface area contributed by atoms with Crippen molar-refractivity contribution in [2.75, 3.05) is 0 Å². The van der Waals surface area contributed by atoms with Crippen molar-refractivity contribution in [2.24, 2.45) is 0 Å². The molecule has 0 spiro atoms. The summed E-state index contributed by atoms with van der Waals surface area (Å²) in [6.45, 7) is 2.18. The van der Waals surface area contributed by atoms with Crippen LogP contribution in [0.1, 0.15) is 24.9 Å². The molecule has 1 atom stereocenters. The molecule has 0 aliphatic rings. The number of hydrogen-bond donors (Lipinski definition) is 1. The first-order chi connectivity index (χ1) is 5.77. The van der Waals surface area contributed by atoms with Crippen molar-refractivity contribution < 1.29 is 0 Å². The molecule has 0 bridgehead atoms. The molecule has 0 saturated heterocycles. The zero-order valence-electron chi connectivity index (χ0n) is 6.85. The second-order valence-electron chi connectivity index (χ2n) is 2.62. The summed E-state index contributed by atoms with van der Waals surface area (Å²) in [7, 11) is 0. The Morgan fingerprint density at radius 2 is 2.00 bits per heavy atom. The van der Waals surface area contributed by atoms with Crippen LogP contribution < -0.4 is 3.53 Å². The number of hydrogen-bond acceptors (Lipinski definition) is 1. The fourth-order valence-corrected chi connectivity index (χ4v) is 2.14. The summed E-state index contributed by atoms with van der Waals surface area (Å²) >= 11 is 5.62. The van der Waals surface area contributed by atoms with Crippen LogP contribution in [0, 0.1) is 0 Å². The molecule has 3 heteroatoms. The Morgan fingerprint density at radius 3 is 2.42 bits per heavy atom. The standard InChI is InChI=1S/C9H11BrIN/c1-2-9(12-11)7-3-5-8(10)6-4-7/h3-6,9,12H,2H2,1H3/t9-/m0/s1. The summed E-state index contributed by atoms with van der Waals surface area (Å²) in [5, 5.41) is 0. The van der Waals surface area contributed by atoms with Crippen LogP contribution in [-0.4, -0.2) is 0 Å². The molecular formula is C9H11BrIN. The predicted molar refractivity (Wildman–Crippen MR) is 64.3 cm³/mol. The summed E-state index contributed by atoms with van der Waals surface area (Å²) in [5.74, 6) is 0. The van der Waals surface area contributed by atoms with Gasteiger partial charge in [-0.2, -0.15) is 0 Å². The first-order valence-corrected chi connectivity index (χ1v) is 5.76. The monoisotopic (exact) mass is 339 g/mol. The molecule has 0 radical (unpaired) electrons. The Hall–Kier alpha value is 0.390. The highest BCUT2D eigenvalue weighted by atomic mass is 127. The average Bonchev–Trinajstić information content (AvgIpc) is 2.10. The Kier molecular flexibility index (Phi) is 4.53. The van der Waals surface area contributed by atoms with Crippen LogP contribution in [-0.2, 0) is 0 Å². The van der Waals surface area contributed by atoms with Gasteiger partial charge in [-0.1, -0.05) is 35.0 Å². The van der Waals surface area contributed by atoms with E-state index in [0.717, 1.165) is 10.9 Å². The zero-order chi connectivity index (χ0) is 8.97. The maximum Gasteiger partial charge on any atom is 0.0410 e. The average molecular weight is 340 g/mol. The van der Waals surface area contributed by atoms with Crippen molar-refractivity contribution in [1.82, 2.24) is 3.53 Å². The molecule has 0 fully saturated rings. The van der Waals surface area contributed by atoms with Crippen molar-refractivity contribution in [3.8, 4) is 0 Å². The van der Waals surface area contributed by atoms with Gasteiger partial charge in [0.05, 0.1) is 0 Å². The van der Waals surface area contributed by atoms with Gasteiger partial charge < -0.3 is 0 Å². The van der Waals surface area contributed by atoms with Crippen LogP contribution in [0.25, 0.3) is 0 Å². The molecule has 0 saturated carbocycles. The van der Waals surface area contributed by atoms with E-state index in [1.807, 2.05) is 0 Å². The maximum absolute atomic E-state index is 3.42. The number of benzene rings is 1. The lowest BCUT2D eigenvalue weighted by atomic mass is 10.1. The maximum atomic E-state index is 3.42. The second kappa shape index (κ2) is 5.19. The largest absolute Gasteiger partial charge is 0.254 e. The molecule has 12 heavy (non-hydrogen) atoms. The molecule has 1 rings (SSSR count). The lowest BCUT2D eigenvalue weighted by Crippen LogP contribution is -2.08. The van der Waals surface area contributed by atoms with Gasteiger partial charge in [0.25, 0.3) is 0 Å². The van der Waals surface area contributed by atoms with Gasteiger partial charge in [-0.3, -0.25) is 3.53 Å². The highest BCUT2D eigenvalue weighted by molar-refractivity contribution is 14.1. The van der Waals surface area contributed by atoms with Crippen LogP contribution in [0.3, 0.4) is 0 Å². The normalized spacial score (nSPS) is 12.9. The predicted octanol–water partition coefficient (Wildman–Crippen LogP) is 3.84. The molecule has 0 amide bonds. The van der Waals surface area contributed by atoms with Crippen molar-refractivity contribution in [3.05, 3.63) is 34.3 Å². The number of rotatable bonds is 3. The molecule has 0 unspecified atom stereocenters. The molecule has 0 aliphatic heterocycles. The molecular weight excluding hydrogens is 329 g/mol. The summed E-state index contributed by atoms with van der Waals surface area (Å²) in [6.07, 6.45) is 1.12. The van der Waals surface area contributed by atoms with Gasteiger partial charge in [0.15, 0.2) is 0 Å². The summed E-state index contributed by atoms with van der Waals surface area (Å²) in [4.78, 5) is 0. The van der Waals surface area contributed by atoms with Gasteiger partial charge in [0.1, 0.15) is 0 Å². The summed E-state index contributed by atoms with van der Waals surface area (Å²) < 4.78 is 4.38. The van der Waals surface area contributed by atoms with E-state index < -0.39 is 0 Å². The smallest absolute Gasteiger partial charge is 0.0410 e. The Bertz CT molecular complexity index is 231. The molecule has 1 aromatic rings. The van der Waals surface area contributed by atoms with Gasteiger partial charge in [-0.05, 0) is 24.1 Å². The van der Waals surface area contributed by atoms with E-state index in [9.17, 15) is 0 Å². The van der Waals surface area contributed by atoms with E-state index in [4.69, 9.17) is 0 Å². The summed E-state index contributed by atoms with van der Waals surface area (Å²) in [5.41, 5.74) is 1.34. The lowest BCUT2D eigenvalue weighted by Gasteiger charge is -2.12. The Balaban J connectivity index is 2.80. The second-order valence-corrected chi connectivity index (χ2v) is 4.16. The van der Waals surface area contributed by atoms with E-state index >= 15 is 0 Å². The number of halogens is 2. The van der Waals surface area contributed by atoms with Gasteiger partial charge in [0.2, 0.25) is 0 Å². The molecule has 1 nitrogen and oxygen atoms in total. The molecule has 0 aliphatic carbocycles. The van der Waals surface area contributed by atoms with Gasteiger partial charge in [-0.25, -0.2) is 0 Å². The number of nitrogens with one attached hydrogen (secondary N) is 1. The zero-order valence-corrected chi connectivity index (χ0v) is 10.6. The van der Waals surface area contributed by atoms with Crippen LogP contribution in [0.15, 0.2) is 28.7 Å². The molecule has 1 aromatic carbocycles. The molecule has 66 valence electrons. The van der Waals surface area contributed by atoms with E-state index in [1.54, 1.807) is 0 Å². The van der Waals surface area contributed by atoms with E-state index in [-0.39, 0.29) is 0 Å². The first kappa shape index (κ1) is 10.5. The topological polar surface area (TPSA) is 12.0 Å². The van der Waals surface area contributed by atoms with Crippen LogP contribution in [0.2, 0.25) is 0 Å². The van der Waals surface area contributed by atoms with E-state index in [0.29, 0.717) is 6.04 Å². The highest BCUT2D eigenvalue weighted by Crippen LogP contribution is 2.19. The minimum atomic E-state index is 0.471. The minimum Gasteiger partial charge on any atom is -0.254 e. The minimum absolute atomic E-state index is 0.471. The van der Waals surface area contributed by atoms with Crippen molar-refractivity contribution in [2.45, 2.75) is 19.4 Å². The van der Waals surface area contributed by atoms with Gasteiger partial charge in [-0.15, -0.1) is 0 Å². The fraction of sp³-hybridized carbons (Fsp3) is 0.333. The third-order valence-corrected chi connectivity index (χ3v) is 3.09. The molecule has 0 heterocycles. The Labute approximate surface area is 95.6 Å². The Morgan fingerprint density at radius 1 is 1.42 bits per heavy atom. The third-order valence-electron chi connectivity index (χ3n) is 1.81. The van der Waals surface area contributed by atoms with Crippen molar-refractivity contribution in [3.63, 3.8) is 0 Å². The van der Waals surface area contributed by atoms with Crippen LogP contribution >= 0.6 is 38.8 Å². The van der Waals surface area contributed by atoms with Crippen molar-refractivity contribution in [1.29, 1.82) is 0 Å². The quantitative estimate of drug-likeness (QED) is 0.651. The summed E-state index contributed by atoms with van der Waals surface area (Å²) in [6, 6.07) is 8.91.